The van der Waals surface area contributed by atoms with Crippen LogP contribution in [0.15, 0.2) is 14.2 Å². The summed E-state index contributed by atoms with van der Waals surface area (Å²) in [4.78, 5) is 18.1. The maximum Gasteiger partial charge on any atom is 0.273 e. The molecule has 1 amide bonds. The molecule has 2 aromatic heterocycles. The van der Waals surface area contributed by atoms with E-state index in [1.165, 1.54) is 11.3 Å². The van der Waals surface area contributed by atoms with Gasteiger partial charge in [0.2, 0.25) is 0 Å². The summed E-state index contributed by atoms with van der Waals surface area (Å²) in [6.45, 7) is 4.20. The van der Waals surface area contributed by atoms with Crippen LogP contribution in [0.1, 0.15) is 27.5 Å². The molecule has 5 nitrogen and oxygen atoms in total. The minimum atomic E-state index is -0.0865. The normalized spacial score (nSPS) is 10.7. The van der Waals surface area contributed by atoms with E-state index in [1.54, 1.807) is 29.1 Å². The van der Waals surface area contributed by atoms with Gasteiger partial charge >= 0.3 is 0 Å². The Morgan fingerprint density at radius 3 is 2.79 bits per heavy atom. The molecule has 0 spiro atoms. The number of aromatic nitrogens is 2. The predicted octanol–water partition coefficient (Wildman–Crippen LogP) is 2.74. The smallest absolute Gasteiger partial charge is 0.273 e. The first-order chi connectivity index (χ1) is 9.02. The third-order valence-corrected chi connectivity index (χ3v) is 4.66. The number of hydrogen-bond donors (Lipinski definition) is 0. The minimum absolute atomic E-state index is 0.0865. The molecule has 0 aliphatic heterocycles. The summed E-state index contributed by atoms with van der Waals surface area (Å²) in [7, 11) is 1.76. The van der Waals surface area contributed by atoms with Crippen molar-refractivity contribution in [2.75, 3.05) is 13.3 Å². The molecular weight excluding hydrogens is 282 g/mol. The standard InChI is InChI=1S/C12H15N3O2S2/c1-7-9(8(2)17-14-7)5-15(3)11(16)10-6-19-12(13-10)18-4/h6H,5H2,1-4H3. The lowest BCUT2D eigenvalue weighted by Crippen LogP contribution is -2.26. The molecule has 19 heavy (non-hydrogen) atoms. The van der Waals surface area contributed by atoms with Gasteiger partial charge in [-0.2, -0.15) is 0 Å². The van der Waals surface area contributed by atoms with E-state index in [1.807, 2.05) is 20.1 Å². The molecule has 0 aliphatic rings. The third kappa shape index (κ3) is 2.98. The van der Waals surface area contributed by atoms with E-state index < -0.39 is 0 Å². The molecule has 0 N–H and O–H groups in total. The highest BCUT2D eigenvalue weighted by Crippen LogP contribution is 2.21. The van der Waals surface area contributed by atoms with Gasteiger partial charge in [0.25, 0.3) is 5.91 Å². The van der Waals surface area contributed by atoms with E-state index in [-0.39, 0.29) is 5.91 Å². The molecule has 0 aliphatic carbocycles. The zero-order valence-electron chi connectivity index (χ0n) is 11.3. The SMILES string of the molecule is CSc1nc(C(=O)N(C)Cc2c(C)noc2C)cs1. The number of hydrogen-bond acceptors (Lipinski definition) is 6. The first kappa shape index (κ1) is 14.1. The molecular formula is C12H15N3O2S2. The highest BCUT2D eigenvalue weighted by Gasteiger charge is 2.18. The predicted molar refractivity (Wildman–Crippen MR) is 75.7 cm³/mol. The van der Waals surface area contributed by atoms with Crippen LogP contribution in [0, 0.1) is 13.8 Å². The van der Waals surface area contributed by atoms with Crippen molar-refractivity contribution in [3.8, 4) is 0 Å². The number of thioether (sulfide) groups is 1. The van der Waals surface area contributed by atoms with E-state index >= 15 is 0 Å². The summed E-state index contributed by atoms with van der Waals surface area (Å²) in [5.74, 6) is 0.664. The monoisotopic (exact) mass is 297 g/mol. The molecule has 2 heterocycles. The van der Waals surface area contributed by atoms with E-state index in [2.05, 4.69) is 10.1 Å². The Hall–Kier alpha value is -1.34. The van der Waals surface area contributed by atoms with Crippen LogP contribution in [-0.2, 0) is 6.54 Å². The van der Waals surface area contributed by atoms with Gasteiger partial charge in [-0.1, -0.05) is 16.9 Å². The molecule has 0 atom stereocenters. The maximum absolute atomic E-state index is 12.2. The van der Waals surface area contributed by atoms with Crippen molar-refractivity contribution < 1.29 is 9.32 Å². The Labute approximate surface area is 120 Å². The number of nitrogens with zero attached hydrogens (tertiary/aromatic N) is 3. The molecule has 0 unspecified atom stereocenters. The van der Waals surface area contributed by atoms with E-state index in [0.717, 1.165) is 21.4 Å². The lowest BCUT2D eigenvalue weighted by molar-refractivity contribution is 0.0779. The van der Waals surface area contributed by atoms with E-state index in [9.17, 15) is 4.79 Å². The number of rotatable bonds is 4. The van der Waals surface area contributed by atoms with Crippen LogP contribution in [-0.4, -0.2) is 34.3 Å². The van der Waals surface area contributed by atoms with Crippen molar-refractivity contribution in [3.63, 3.8) is 0 Å². The largest absolute Gasteiger partial charge is 0.361 e. The van der Waals surface area contributed by atoms with Gasteiger partial charge in [0.1, 0.15) is 15.8 Å². The molecule has 2 aromatic rings. The molecule has 102 valence electrons. The van der Waals surface area contributed by atoms with E-state index in [4.69, 9.17) is 4.52 Å². The van der Waals surface area contributed by atoms with E-state index in [0.29, 0.717) is 12.2 Å². The van der Waals surface area contributed by atoms with Gasteiger partial charge in [0.05, 0.1) is 12.2 Å². The molecule has 0 saturated heterocycles. The summed E-state index contributed by atoms with van der Waals surface area (Å²) in [5.41, 5.74) is 2.26. The zero-order chi connectivity index (χ0) is 14.0. The van der Waals surface area contributed by atoms with Crippen molar-refractivity contribution in [2.45, 2.75) is 24.7 Å². The summed E-state index contributed by atoms with van der Waals surface area (Å²) < 4.78 is 6.00. The summed E-state index contributed by atoms with van der Waals surface area (Å²) in [5, 5.41) is 5.68. The van der Waals surface area contributed by atoms with Gasteiger partial charge in [-0.25, -0.2) is 4.98 Å². The second kappa shape index (κ2) is 5.75. The van der Waals surface area contributed by atoms with Gasteiger partial charge in [-0.15, -0.1) is 11.3 Å². The summed E-state index contributed by atoms with van der Waals surface area (Å²) >= 11 is 3.02. The number of amides is 1. The topological polar surface area (TPSA) is 59.2 Å². The average Bonchev–Trinajstić information content (AvgIpc) is 2.99. The number of carbonyl (C=O) groups excluding carboxylic acids is 1. The first-order valence-electron chi connectivity index (χ1n) is 5.69. The highest BCUT2D eigenvalue weighted by molar-refractivity contribution is 8.00. The third-order valence-electron chi connectivity index (χ3n) is 2.80. The Morgan fingerprint density at radius 1 is 1.53 bits per heavy atom. The Morgan fingerprint density at radius 2 is 2.26 bits per heavy atom. The fraction of sp³-hybridized carbons (Fsp3) is 0.417. The molecule has 7 heteroatoms. The zero-order valence-corrected chi connectivity index (χ0v) is 12.9. The van der Waals surface area contributed by atoms with Gasteiger partial charge in [0.15, 0.2) is 0 Å². The van der Waals surface area contributed by atoms with Crippen molar-refractivity contribution >= 4 is 29.0 Å². The Bertz CT molecular complexity index is 572. The quantitative estimate of drug-likeness (QED) is 0.812. The molecule has 0 radical (unpaired) electrons. The minimum Gasteiger partial charge on any atom is -0.361 e. The van der Waals surface area contributed by atoms with Crippen LogP contribution >= 0.6 is 23.1 Å². The van der Waals surface area contributed by atoms with Gasteiger partial charge in [-0.3, -0.25) is 4.79 Å². The average molecular weight is 297 g/mol. The van der Waals surface area contributed by atoms with Crippen LogP contribution in [0.25, 0.3) is 0 Å². The molecule has 0 bridgehead atoms. The second-order valence-corrected chi connectivity index (χ2v) is 6.08. The van der Waals surface area contributed by atoms with Crippen molar-refractivity contribution in [2.24, 2.45) is 0 Å². The maximum atomic E-state index is 12.2. The highest BCUT2D eigenvalue weighted by atomic mass is 32.2. The second-order valence-electron chi connectivity index (χ2n) is 4.17. The van der Waals surface area contributed by atoms with Gasteiger partial charge < -0.3 is 9.42 Å². The van der Waals surface area contributed by atoms with Crippen LogP contribution in [0.4, 0.5) is 0 Å². The summed E-state index contributed by atoms with van der Waals surface area (Å²) in [6, 6.07) is 0. The first-order valence-corrected chi connectivity index (χ1v) is 7.80. The fourth-order valence-electron chi connectivity index (χ4n) is 1.68. The number of aryl methyl sites for hydroxylation is 2. The van der Waals surface area contributed by atoms with Crippen molar-refractivity contribution in [1.82, 2.24) is 15.0 Å². The van der Waals surface area contributed by atoms with Crippen molar-refractivity contribution in [1.29, 1.82) is 0 Å². The van der Waals surface area contributed by atoms with Crippen LogP contribution in [0.5, 0.6) is 0 Å². The Balaban J connectivity index is 2.11. The summed E-state index contributed by atoms with van der Waals surface area (Å²) in [6.07, 6.45) is 1.95. The van der Waals surface area contributed by atoms with Crippen LogP contribution < -0.4 is 0 Å². The van der Waals surface area contributed by atoms with Crippen molar-refractivity contribution in [3.05, 3.63) is 28.1 Å². The Kier molecular flexibility index (Phi) is 4.26. The van der Waals surface area contributed by atoms with Crippen LogP contribution in [0.3, 0.4) is 0 Å². The van der Waals surface area contributed by atoms with Gasteiger partial charge in [-0.05, 0) is 20.1 Å². The molecule has 0 saturated carbocycles. The molecule has 0 fully saturated rings. The van der Waals surface area contributed by atoms with Crippen LogP contribution in [0.2, 0.25) is 0 Å². The lowest BCUT2D eigenvalue weighted by atomic mass is 10.2. The molecule has 2 rings (SSSR count). The number of carbonyl (C=O) groups is 1. The fourth-order valence-corrected chi connectivity index (χ4v) is 2.92. The van der Waals surface area contributed by atoms with Gasteiger partial charge in [0, 0.05) is 18.0 Å². The number of thiazole rings is 1. The lowest BCUT2D eigenvalue weighted by Gasteiger charge is -2.15. The molecule has 0 aromatic carbocycles.